The van der Waals surface area contributed by atoms with Crippen molar-refractivity contribution in [1.82, 2.24) is 0 Å². The number of nitrogen functional groups attached to an aromatic ring is 1. The average molecular weight is 265 g/mol. The minimum Gasteiger partial charge on any atom is -0.399 e. The Hall–Kier alpha value is -1.74. The number of sulfone groups is 1. The zero-order chi connectivity index (χ0) is 13.2. The van der Waals surface area contributed by atoms with Gasteiger partial charge in [-0.25, -0.2) is 8.42 Å². The lowest BCUT2D eigenvalue weighted by molar-refractivity contribution is 0.597. The molecule has 96 valence electrons. The summed E-state index contributed by atoms with van der Waals surface area (Å²) in [5.41, 5.74) is 7.44. The molecule has 2 rings (SSSR count). The molecule has 0 atom stereocenters. The maximum absolute atomic E-state index is 11.5. The highest BCUT2D eigenvalue weighted by atomic mass is 32.2. The maximum atomic E-state index is 11.5. The van der Waals surface area contributed by atoms with Gasteiger partial charge in [-0.15, -0.1) is 0 Å². The molecule has 1 heterocycles. The van der Waals surface area contributed by atoms with Crippen LogP contribution in [0.1, 0.15) is 12.0 Å². The molecule has 1 aromatic carbocycles. The third-order valence-corrected chi connectivity index (χ3v) is 4.75. The standard InChI is InChI=1S/C12H15N3O2S/c13-9-10-8-11(14)2-3-12(10)15-4-1-6-18(16,17)7-5-15/h2-3,8H,1,4-7,14H2. The summed E-state index contributed by atoms with van der Waals surface area (Å²) in [5.74, 6) is 0.364. The first-order valence-corrected chi connectivity index (χ1v) is 7.59. The number of nitriles is 1. The molecule has 2 N–H and O–H groups in total. The van der Waals surface area contributed by atoms with Crippen LogP contribution in [0.5, 0.6) is 0 Å². The number of nitrogens with two attached hydrogens (primary N) is 1. The van der Waals surface area contributed by atoms with Crippen LogP contribution in [-0.4, -0.2) is 33.0 Å². The summed E-state index contributed by atoms with van der Waals surface area (Å²) >= 11 is 0. The highest BCUT2D eigenvalue weighted by molar-refractivity contribution is 7.91. The molecule has 1 saturated heterocycles. The molecule has 0 saturated carbocycles. The normalized spacial score (nSPS) is 18.9. The van der Waals surface area contributed by atoms with Gasteiger partial charge in [0.05, 0.1) is 22.8 Å². The lowest BCUT2D eigenvalue weighted by Gasteiger charge is -2.23. The van der Waals surface area contributed by atoms with Crippen molar-refractivity contribution in [1.29, 1.82) is 5.26 Å². The van der Waals surface area contributed by atoms with E-state index < -0.39 is 9.84 Å². The maximum Gasteiger partial charge on any atom is 0.152 e. The molecule has 0 amide bonds. The van der Waals surface area contributed by atoms with Gasteiger partial charge >= 0.3 is 0 Å². The van der Waals surface area contributed by atoms with Crippen LogP contribution in [0.2, 0.25) is 0 Å². The highest BCUT2D eigenvalue weighted by Crippen LogP contribution is 2.24. The lowest BCUT2D eigenvalue weighted by atomic mass is 10.1. The number of nitrogens with zero attached hydrogens (tertiary/aromatic N) is 2. The number of hydrogen-bond acceptors (Lipinski definition) is 5. The molecule has 0 unspecified atom stereocenters. The fraction of sp³-hybridized carbons (Fsp3) is 0.417. The van der Waals surface area contributed by atoms with Gasteiger partial charge in [0.25, 0.3) is 0 Å². The van der Waals surface area contributed by atoms with Crippen LogP contribution in [0, 0.1) is 11.3 Å². The van der Waals surface area contributed by atoms with Crippen LogP contribution in [-0.2, 0) is 9.84 Å². The zero-order valence-corrected chi connectivity index (χ0v) is 10.8. The third kappa shape index (κ3) is 2.74. The van der Waals surface area contributed by atoms with Gasteiger partial charge in [-0.1, -0.05) is 0 Å². The van der Waals surface area contributed by atoms with Gasteiger partial charge in [0.2, 0.25) is 0 Å². The first-order valence-electron chi connectivity index (χ1n) is 5.77. The summed E-state index contributed by atoms with van der Waals surface area (Å²) < 4.78 is 23.1. The molecule has 5 nitrogen and oxygen atoms in total. The second-order valence-electron chi connectivity index (χ2n) is 4.38. The minimum absolute atomic E-state index is 0.141. The summed E-state index contributed by atoms with van der Waals surface area (Å²) in [6, 6.07) is 7.24. The molecule has 18 heavy (non-hydrogen) atoms. The Morgan fingerprint density at radius 2 is 2.06 bits per heavy atom. The SMILES string of the molecule is N#Cc1cc(N)ccc1N1CCCS(=O)(=O)CC1. The van der Waals surface area contributed by atoms with E-state index in [0.717, 1.165) is 5.69 Å². The second kappa shape index (κ2) is 4.86. The zero-order valence-electron chi connectivity index (χ0n) is 9.96. The Morgan fingerprint density at radius 1 is 1.28 bits per heavy atom. The summed E-state index contributed by atoms with van der Waals surface area (Å²) in [4.78, 5) is 1.95. The van der Waals surface area contributed by atoms with Crippen molar-refractivity contribution in [2.75, 3.05) is 35.2 Å². The Morgan fingerprint density at radius 3 is 2.78 bits per heavy atom. The summed E-state index contributed by atoms with van der Waals surface area (Å²) in [5, 5.41) is 9.10. The van der Waals surface area contributed by atoms with Crippen LogP contribution in [0.15, 0.2) is 18.2 Å². The van der Waals surface area contributed by atoms with Crippen LogP contribution < -0.4 is 10.6 Å². The topological polar surface area (TPSA) is 87.2 Å². The molecule has 6 heteroatoms. The predicted molar refractivity (Wildman–Crippen MR) is 71.1 cm³/mol. The van der Waals surface area contributed by atoms with E-state index in [0.29, 0.717) is 30.8 Å². The predicted octanol–water partition coefficient (Wildman–Crippen LogP) is 0.765. The van der Waals surface area contributed by atoms with Crippen LogP contribution >= 0.6 is 0 Å². The van der Waals surface area contributed by atoms with Crippen molar-refractivity contribution >= 4 is 21.2 Å². The first kappa shape index (κ1) is 12.7. The van der Waals surface area contributed by atoms with Crippen molar-refractivity contribution < 1.29 is 8.42 Å². The molecule has 1 fully saturated rings. The Balaban J connectivity index is 2.30. The number of hydrogen-bond donors (Lipinski definition) is 1. The molecule has 0 aliphatic carbocycles. The monoisotopic (exact) mass is 265 g/mol. The molecule has 1 aromatic rings. The van der Waals surface area contributed by atoms with Crippen LogP contribution in [0.3, 0.4) is 0 Å². The van der Waals surface area contributed by atoms with E-state index in [1.54, 1.807) is 18.2 Å². The molecule has 0 bridgehead atoms. The molecule has 1 aliphatic rings. The van der Waals surface area contributed by atoms with E-state index in [1.165, 1.54) is 0 Å². The highest BCUT2D eigenvalue weighted by Gasteiger charge is 2.20. The minimum atomic E-state index is -2.94. The molecule has 1 aliphatic heterocycles. The Kier molecular flexibility index (Phi) is 3.43. The van der Waals surface area contributed by atoms with E-state index in [1.807, 2.05) is 4.90 Å². The van der Waals surface area contributed by atoms with Crippen LogP contribution in [0.4, 0.5) is 11.4 Å². The third-order valence-electron chi connectivity index (χ3n) is 3.04. The summed E-state index contributed by atoms with van der Waals surface area (Å²) in [7, 11) is -2.94. The van der Waals surface area contributed by atoms with Gasteiger partial charge in [0.15, 0.2) is 9.84 Å². The quantitative estimate of drug-likeness (QED) is 0.758. The molecular weight excluding hydrogens is 250 g/mol. The largest absolute Gasteiger partial charge is 0.399 e. The van der Waals surface area contributed by atoms with Gasteiger partial charge in [-0.2, -0.15) is 5.26 Å². The van der Waals surface area contributed by atoms with Gasteiger partial charge in [0, 0.05) is 18.8 Å². The Labute approximate surface area is 107 Å². The summed E-state index contributed by atoms with van der Waals surface area (Å²) in [6.45, 7) is 1.08. The fourth-order valence-electron chi connectivity index (χ4n) is 2.10. The van der Waals surface area contributed by atoms with Crippen molar-refractivity contribution in [3.63, 3.8) is 0 Å². The Bertz CT molecular complexity index is 590. The van der Waals surface area contributed by atoms with E-state index in [9.17, 15) is 8.42 Å². The lowest BCUT2D eigenvalue weighted by Crippen LogP contribution is -2.27. The van der Waals surface area contributed by atoms with Crippen molar-refractivity contribution in [3.05, 3.63) is 23.8 Å². The van der Waals surface area contributed by atoms with Crippen molar-refractivity contribution in [2.45, 2.75) is 6.42 Å². The van der Waals surface area contributed by atoms with E-state index in [2.05, 4.69) is 6.07 Å². The van der Waals surface area contributed by atoms with Crippen molar-refractivity contribution in [3.8, 4) is 6.07 Å². The van der Waals surface area contributed by atoms with Gasteiger partial charge in [0.1, 0.15) is 6.07 Å². The molecule has 0 radical (unpaired) electrons. The van der Waals surface area contributed by atoms with Crippen LogP contribution in [0.25, 0.3) is 0 Å². The molecule has 0 spiro atoms. The average Bonchev–Trinajstić information content (AvgIpc) is 2.50. The van der Waals surface area contributed by atoms with Gasteiger partial charge in [-0.05, 0) is 24.6 Å². The fourth-order valence-corrected chi connectivity index (χ4v) is 3.37. The number of benzene rings is 1. The first-order chi connectivity index (χ1) is 8.52. The van der Waals surface area contributed by atoms with E-state index in [-0.39, 0.29) is 11.5 Å². The van der Waals surface area contributed by atoms with Crippen molar-refractivity contribution in [2.24, 2.45) is 0 Å². The summed E-state index contributed by atoms with van der Waals surface area (Å²) in [6.07, 6.45) is 0.595. The van der Waals surface area contributed by atoms with Gasteiger partial charge in [-0.3, -0.25) is 0 Å². The number of rotatable bonds is 1. The molecular formula is C12H15N3O2S. The molecule has 0 aromatic heterocycles. The van der Waals surface area contributed by atoms with E-state index >= 15 is 0 Å². The number of anilines is 2. The van der Waals surface area contributed by atoms with E-state index in [4.69, 9.17) is 11.0 Å². The smallest absolute Gasteiger partial charge is 0.152 e. The second-order valence-corrected chi connectivity index (χ2v) is 6.68. The van der Waals surface area contributed by atoms with Gasteiger partial charge < -0.3 is 10.6 Å².